The molecule has 0 aromatic heterocycles. The molecule has 0 rings (SSSR count). The molecule has 0 bridgehead atoms. The van der Waals surface area contributed by atoms with Crippen LogP contribution in [0.5, 0.6) is 0 Å². The van der Waals surface area contributed by atoms with E-state index in [0.29, 0.717) is 26.4 Å². The molecule has 0 aromatic carbocycles. The highest BCUT2D eigenvalue weighted by molar-refractivity contribution is 5.66. The maximum absolute atomic E-state index is 10.9. The largest absolute Gasteiger partial charge is 0.450 e. The third kappa shape index (κ3) is 9.14. The molecule has 0 atom stereocenters. The fraction of sp³-hybridized carbons (Fsp3) is 0.889. The summed E-state index contributed by atoms with van der Waals surface area (Å²) < 4.78 is 9.90. The monoisotopic (exact) mass is 189 g/mol. The minimum absolute atomic E-state index is 0.354. The number of hydrogen-bond acceptors (Lipinski definition) is 3. The van der Waals surface area contributed by atoms with Gasteiger partial charge in [-0.15, -0.1) is 0 Å². The lowest BCUT2D eigenvalue weighted by Gasteiger charge is -2.05. The van der Waals surface area contributed by atoms with E-state index in [1.807, 2.05) is 6.92 Å². The van der Waals surface area contributed by atoms with Gasteiger partial charge >= 0.3 is 6.09 Å². The Kier molecular flexibility index (Phi) is 8.77. The average Bonchev–Trinajstić information content (AvgIpc) is 2.13. The molecule has 13 heavy (non-hydrogen) atoms. The zero-order chi connectivity index (χ0) is 9.94. The maximum atomic E-state index is 10.9. The zero-order valence-electron chi connectivity index (χ0n) is 8.47. The van der Waals surface area contributed by atoms with Gasteiger partial charge in [0, 0.05) is 13.2 Å². The van der Waals surface area contributed by atoms with E-state index in [1.54, 1.807) is 0 Å². The summed E-state index contributed by atoms with van der Waals surface area (Å²) in [7, 11) is 0. The summed E-state index contributed by atoms with van der Waals surface area (Å²) >= 11 is 0. The van der Waals surface area contributed by atoms with Gasteiger partial charge in [0.25, 0.3) is 0 Å². The van der Waals surface area contributed by atoms with Crippen LogP contribution in [0.3, 0.4) is 0 Å². The number of nitrogens with one attached hydrogen (secondary N) is 1. The first-order valence-electron chi connectivity index (χ1n) is 4.79. The molecule has 78 valence electrons. The molecule has 4 heteroatoms. The van der Waals surface area contributed by atoms with Crippen molar-refractivity contribution in [1.29, 1.82) is 0 Å². The van der Waals surface area contributed by atoms with Gasteiger partial charge in [-0.3, -0.25) is 0 Å². The number of alkyl carbamates (subject to hydrolysis) is 1. The fourth-order valence-electron chi connectivity index (χ4n) is 0.730. The normalized spacial score (nSPS) is 9.69. The van der Waals surface area contributed by atoms with Crippen molar-refractivity contribution < 1.29 is 14.3 Å². The van der Waals surface area contributed by atoms with Crippen LogP contribution in [-0.4, -0.2) is 32.5 Å². The first-order chi connectivity index (χ1) is 6.31. The molecule has 0 unspecified atom stereocenters. The molecule has 0 spiro atoms. The van der Waals surface area contributed by atoms with E-state index in [0.717, 1.165) is 12.8 Å². The molecular weight excluding hydrogens is 170 g/mol. The number of hydrogen-bond donors (Lipinski definition) is 1. The van der Waals surface area contributed by atoms with E-state index in [1.165, 1.54) is 0 Å². The highest BCUT2D eigenvalue weighted by Crippen LogP contribution is 1.87. The van der Waals surface area contributed by atoms with Gasteiger partial charge in [0.1, 0.15) is 0 Å². The Morgan fingerprint density at radius 2 is 2.08 bits per heavy atom. The molecule has 0 aliphatic rings. The third-order valence-corrected chi connectivity index (χ3v) is 1.45. The quantitative estimate of drug-likeness (QED) is 0.618. The second kappa shape index (κ2) is 9.32. The lowest BCUT2D eigenvalue weighted by Crippen LogP contribution is -2.28. The van der Waals surface area contributed by atoms with E-state index in [9.17, 15) is 4.79 Å². The predicted molar refractivity (Wildman–Crippen MR) is 50.8 cm³/mol. The number of ether oxygens (including phenoxy) is 2. The van der Waals surface area contributed by atoms with E-state index in [4.69, 9.17) is 9.47 Å². The highest BCUT2D eigenvalue weighted by atomic mass is 16.5. The standard InChI is InChI=1S/C9H19NO3/c1-3-5-7-13-9(11)10-6-8-12-4-2/h3-8H2,1-2H3,(H,10,11). The van der Waals surface area contributed by atoms with Crippen LogP contribution < -0.4 is 5.32 Å². The first-order valence-corrected chi connectivity index (χ1v) is 4.79. The van der Waals surface area contributed by atoms with Gasteiger partial charge in [0.05, 0.1) is 13.2 Å². The van der Waals surface area contributed by atoms with Crippen molar-refractivity contribution in [3.63, 3.8) is 0 Å². The van der Waals surface area contributed by atoms with Crippen molar-refractivity contribution in [2.45, 2.75) is 26.7 Å². The molecule has 0 fully saturated rings. The van der Waals surface area contributed by atoms with Crippen molar-refractivity contribution in [2.75, 3.05) is 26.4 Å². The van der Waals surface area contributed by atoms with Crippen molar-refractivity contribution in [2.24, 2.45) is 0 Å². The number of unbranched alkanes of at least 4 members (excludes halogenated alkanes) is 1. The number of carbonyl (C=O) groups excluding carboxylic acids is 1. The summed E-state index contributed by atoms with van der Waals surface area (Å²) in [5.41, 5.74) is 0. The number of carbonyl (C=O) groups is 1. The molecule has 0 aliphatic carbocycles. The van der Waals surface area contributed by atoms with Gasteiger partial charge in [-0.05, 0) is 13.3 Å². The molecule has 4 nitrogen and oxygen atoms in total. The van der Waals surface area contributed by atoms with Crippen LogP contribution in [-0.2, 0) is 9.47 Å². The van der Waals surface area contributed by atoms with Gasteiger partial charge in [0.15, 0.2) is 0 Å². The van der Waals surface area contributed by atoms with Crippen LogP contribution in [0.25, 0.3) is 0 Å². The number of rotatable bonds is 7. The highest BCUT2D eigenvalue weighted by Gasteiger charge is 1.98. The third-order valence-electron chi connectivity index (χ3n) is 1.45. The Labute approximate surface area is 79.6 Å². The van der Waals surface area contributed by atoms with Crippen LogP contribution in [0.2, 0.25) is 0 Å². The second-order valence-electron chi connectivity index (χ2n) is 2.61. The van der Waals surface area contributed by atoms with Gasteiger partial charge in [-0.1, -0.05) is 13.3 Å². The second-order valence-corrected chi connectivity index (χ2v) is 2.61. The Balaban J connectivity index is 3.11. The Morgan fingerprint density at radius 1 is 1.31 bits per heavy atom. The molecule has 1 amide bonds. The van der Waals surface area contributed by atoms with Crippen molar-refractivity contribution in [3.05, 3.63) is 0 Å². The molecule has 0 aromatic rings. The molecule has 0 radical (unpaired) electrons. The summed E-state index contributed by atoms with van der Waals surface area (Å²) in [6, 6.07) is 0. The lowest BCUT2D eigenvalue weighted by molar-refractivity contribution is 0.127. The molecule has 1 N–H and O–H groups in total. The molecule has 0 saturated heterocycles. The topological polar surface area (TPSA) is 47.6 Å². The van der Waals surface area contributed by atoms with Crippen molar-refractivity contribution in [3.8, 4) is 0 Å². The van der Waals surface area contributed by atoms with Crippen molar-refractivity contribution in [1.82, 2.24) is 5.32 Å². The summed E-state index contributed by atoms with van der Waals surface area (Å²) in [5.74, 6) is 0. The van der Waals surface area contributed by atoms with Gasteiger partial charge in [-0.2, -0.15) is 0 Å². The number of amides is 1. The lowest BCUT2D eigenvalue weighted by atomic mass is 10.4. The van der Waals surface area contributed by atoms with Crippen LogP contribution in [0.1, 0.15) is 26.7 Å². The van der Waals surface area contributed by atoms with Gasteiger partial charge < -0.3 is 14.8 Å². The van der Waals surface area contributed by atoms with Gasteiger partial charge in [-0.25, -0.2) is 4.79 Å². The van der Waals surface area contributed by atoms with Crippen LogP contribution in [0.15, 0.2) is 0 Å². The molecule has 0 aliphatic heterocycles. The summed E-state index contributed by atoms with van der Waals surface area (Å²) in [6.07, 6.45) is 1.60. The molecule has 0 heterocycles. The molecular formula is C9H19NO3. The minimum atomic E-state index is -0.354. The van der Waals surface area contributed by atoms with E-state index >= 15 is 0 Å². The average molecular weight is 189 g/mol. The van der Waals surface area contributed by atoms with E-state index in [2.05, 4.69) is 12.2 Å². The molecule has 0 saturated carbocycles. The first kappa shape index (κ1) is 12.2. The van der Waals surface area contributed by atoms with E-state index < -0.39 is 0 Å². The summed E-state index contributed by atoms with van der Waals surface area (Å²) in [5, 5.41) is 2.59. The van der Waals surface area contributed by atoms with Crippen LogP contribution >= 0.6 is 0 Å². The smallest absolute Gasteiger partial charge is 0.407 e. The predicted octanol–water partition coefficient (Wildman–Crippen LogP) is 1.55. The fourth-order valence-corrected chi connectivity index (χ4v) is 0.730. The Morgan fingerprint density at radius 3 is 2.69 bits per heavy atom. The zero-order valence-corrected chi connectivity index (χ0v) is 8.47. The van der Waals surface area contributed by atoms with Crippen LogP contribution in [0, 0.1) is 0 Å². The van der Waals surface area contributed by atoms with Crippen molar-refractivity contribution >= 4 is 6.09 Å². The Bertz CT molecular complexity index is 128. The SMILES string of the molecule is CCCCOC(=O)NCCOCC. The van der Waals surface area contributed by atoms with Crippen LogP contribution in [0.4, 0.5) is 4.79 Å². The minimum Gasteiger partial charge on any atom is -0.450 e. The van der Waals surface area contributed by atoms with E-state index in [-0.39, 0.29) is 6.09 Å². The summed E-state index contributed by atoms with van der Waals surface area (Å²) in [6.45, 7) is 6.19. The Hall–Kier alpha value is -0.770. The summed E-state index contributed by atoms with van der Waals surface area (Å²) in [4.78, 5) is 10.9. The maximum Gasteiger partial charge on any atom is 0.407 e. The van der Waals surface area contributed by atoms with Gasteiger partial charge in [0.2, 0.25) is 0 Å².